The molecule has 4 aliphatic carbocycles. The van der Waals surface area contributed by atoms with E-state index in [0.29, 0.717) is 0 Å². The van der Waals surface area contributed by atoms with E-state index < -0.39 is 0 Å². The minimum Gasteiger partial charge on any atom is -0.0620 e. The molecule has 0 heterocycles. The van der Waals surface area contributed by atoms with Crippen LogP contribution in [0.3, 0.4) is 0 Å². The van der Waals surface area contributed by atoms with Gasteiger partial charge in [-0.25, -0.2) is 0 Å². The first-order valence-electron chi connectivity index (χ1n) is 6.36. The van der Waals surface area contributed by atoms with Crippen molar-refractivity contribution in [2.24, 2.45) is 29.6 Å². The average molecular weight is 178 g/mol. The van der Waals surface area contributed by atoms with Gasteiger partial charge >= 0.3 is 0 Å². The summed E-state index contributed by atoms with van der Waals surface area (Å²) in [6.45, 7) is 2.52. The Bertz CT molecular complexity index is 192. The second-order valence-electron chi connectivity index (χ2n) is 5.80. The quantitative estimate of drug-likeness (QED) is 0.528. The zero-order valence-electron chi connectivity index (χ0n) is 8.84. The lowest BCUT2D eigenvalue weighted by Gasteiger charge is -2.46. The SMILES string of the molecule is CC1C2CCC3CCCCC3C1C2. The highest BCUT2D eigenvalue weighted by Gasteiger charge is 2.47. The van der Waals surface area contributed by atoms with Gasteiger partial charge in [0.1, 0.15) is 0 Å². The van der Waals surface area contributed by atoms with Gasteiger partial charge in [0.25, 0.3) is 0 Å². The summed E-state index contributed by atoms with van der Waals surface area (Å²) in [5.74, 6) is 5.68. The molecule has 0 amide bonds. The summed E-state index contributed by atoms with van der Waals surface area (Å²) in [4.78, 5) is 0. The summed E-state index contributed by atoms with van der Waals surface area (Å²) < 4.78 is 0. The molecule has 0 aliphatic heterocycles. The topological polar surface area (TPSA) is 0 Å². The van der Waals surface area contributed by atoms with Crippen molar-refractivity contribution in [2.45, 2.75) is 51.9 Å². The fraction of sp³-hybridized carbons (Fsp3) is 1.00. The van der Waals surface area contributed by atoms with Gasteiger partial charge in [0.05, 0.1) is 0 Å². The van der Waals surface area contributed by atoms with Crippen molar-refractivity contribution in [1.29, 1.82) is 0 Å². The van der Waals surface area contributed by atoms with Crippen molar-refractivity contribution in [3.8, 4) is 0 Å². The maximum Gasteiger partial charge on any atom is -0.0352 e. The normalized spacial score (nSPS) is 54.7. The Balaban J connectivity index is 1.80. The number of rotatable bonds is 0. The van der Waals surface area contributed by atoms with E-state index in [1.54, 1.807) is 32.1 Å². The fourth-order valence-electron chi connectivity index (χ4n) is 4.46. The van der Waals surface area contributed by atoms with Crippen LogP contribution < -0.4 is 0 Å². The molecule has 4 aliphatic rings. The Labute approximate surface area is 82.1 Å². The third-order valence-electron chi connectivity index (χ3n) is 5.42. The van der Waals surface area contributed by atoms with Crippen LogP contribution in [0.15, 0.2) is 0 Å². The minimum absolute atomic E-state index is 1.09. The summed E-state index contributed by atoms with van der Waals surface area (Å²) in [6.07, 6.45) is 11.0. The highest BCUT2D eigenvalue weighted by molar-refractivity contribution is 4.97. The summed E-state index contributed by atoms with van der Waals surface area (Å²) in [5.41, 5.74) is 0. The largest absolute Gasteiger partial charge is 0.0620 e. The summed E-state index contributed by atoms with van der Waals surface area (Å²) in [7, 11) is 0. The van der Waals surface area contributed by atoms with E-state index in [9.17, 15) is 0 Å². The molecule has 0 radical (unpaired) electrons. The second kappa shape index (κ2) is 3.00. The van der Waals surface area contributed by atoms with Crippen LogP contribution in [0.4, 0.5) is 0 Å². The Hall–Kier alpha value is 0. The molecular formula is C13H22. The van der Waals surface area contributed by atoms with E-state index in [0.717, 1.165) is 29.6 Å². The number of hydrogen-bond donors (Lipinski definition) is 0. The van der Waals surface area contributed by atoms with Gasteiger partial charge in [-0.2, -0.15) is 0 Å². The molecule has 0 aromatic rings. The molecule has 4 fully saturated rings. The van der Waals surface area contributed by atoms with Crippen molar-refractivity contribution in [3.05, 3.63) is 0 Å². The molecule has 4 saturated carbocycles. The highest BCUT2D eigenvalue weighted by atomic mass is 14.5. The zero-order chi connectivity index (χ0) is 8.84. The maximum atomic E-state index is 2.52. The number of hydrogen-bond acceptors (Lipinski definition) is 0. The molecule has 0 heteroatoms. The monoisotopic (exact) mass is 178 g/mol. The van der Waals surface area contributed by atoms with Crippen molar-refractivity contribution in [1.82, 2.24) is 0 Å². The Morgan fingerprint density at radius 1 is 0.769 bits per heavy atom. The Kier molecular flexibility index (Phi) is 1.92. The van der Waals surface area contributed by atoms with E-state index >= 15 is 0 Å². The lowest BCUT2D eigenvalue weighted by Crippen LogP contribution is -2.39. The van der Waals surface area contributed by atoms with Gasteiger partial charge in [0.15, 0.2) is 0 Å². The van der Waals surface area contributed by atoms with Crippen molar-refractivity contribution in [3.63, 3.8) is 0 Å². The third-order valence-corrected chi connectivity index (χ3v) is 5.42. The first kappa shape index (κ1) is 8.32. The predicted molar refractivity (Wildman–Crippen MR) is 55.4 cm³/mol. The molecule has 5 atom stereocenters. The highest BCUT2D eigenvalue weighted by Crippen LogP contribution is 2.56. The summed E-state index contributed by atoms with van der Waals surface area (Å²) >= 11 is 0. The van der Waals surface area contributed by atoms with Crippen molar-refractivity contribution in [2.75, 3.05) is 0 Å². The maximum absolute atomic E-state index is 2.52. The second-order valence-corrected chi connectivity index (χ2v) is 5.80. The van der Waals surface area contributed by atoms with E-state index in [1.807, 2.05) is 0 Å². The van der Waals surface area contributed by atoms with Gasteiger partial charge in [-0.15, -0.1) is 0 Å². The van der Waals surface area contributed by atoms with Crippen LogP contribution in [-0.2, 0) is 0 Å². The van der Waals surface area contributed by atoms with Gasteiger partial charge < -0.3 is 0 Å². The smallest absolute Gasteiger partial charge is 0.0352 e. The van der Waals surface area contributed by atoms with Crippen molar-refractivity contribution < 1.29 is 0 Å². The van der Waals surface area contributed by atoms with Crippen LogP contribution in [0.1, 0.15) is 51.9 Å². The molecule has 74 valence electrons. The van der Waals surface area contributed by atoms with Crippen LogP contribution in [0.5, 0.6) is 0 Å². The van der Waals surface area contributed by atoms with Crippen LogP contribution in [0, 0.1) is 29.6 Å². The van der Waals surface area contributed by atoms with Gasteiger partial charge in [-0.05, 0) is 55.3 Å². The predicted octanol–water partition coefficient (Wildman–Crippen LogP) is 3.86. The lowest BCUT2D eigenvalue weighted by atomic mass is 9.59. The fourth-order valence-corrected chi connectivity index (χ4v) is 4.46. The standard InChI is InChI=1S/C13H22/c1-9-11-7-6-10-4-2-3-5-12(10)13(9)8-11/h9-13H,2-8H2,1H3. The minimum atomic E-state index is 1.09. The van der Waals surface area contributed by atoms with Gasteiger partial charge in [-0.3, -0.25) is 0 Å². The lowest BCUT2D eigenvalue weighted by molar-refractivity contribution is 0.0275. The molecule has 0 nitrogen and oxygen atoms in total. The molecule has 0 saturated heterocycles. The van der Waals surface area contributed by atoms with Gasteiger partial charge in [-0.1, -0.05) is 26.2 Å². The molecule has 5 unspecified atom stereocenters. The third kappa shape index (κ3) is 1.17. The Morgan fingerprint density at radius 3 is 2.38 bits per heavy atom. The van der Waals surface area contributed by atoms with E-state index in [1.165, 1.54) is 12.8 Å². The van der Waals surface area contributed by atoms with Gasteiger partial charge in [0.2, 0.25) is 0 Å². The van der Waals surface area contributed by atoms with E-state index in [2.05, 4.69) is 6.92 Å². The molecular weight excluding hydrogens is 156 g/mol. The first-order valence-corrected chi connectivity index (χ1v) is 6.36. The summed E-state index contributed by atoms with van der Waals surface area (Å²) in [5, 5.41) is 0. The van der Waals surface area contributed by atoms with Crippen LogP contribution >= 0.6 is 0 Å². The first-order chi connectivity index (χ1) is 6.36. The molecule has 4 rings (SSSR count). The zero-order valence-corrected chi connectivity index (χ0v) is 8.84. The van der Waals surface area contributed by atoms with Gasteiger partial charge in [0, 0.05) is 0 Å². The molecule has 0 N–H and O–H groups in total. The number of fused-ring (bicyclic) bond motifs is 1. The van der Waals surface area contributed by atoms with E-state index in [4.69, 9.17) is 0 Å². The molecule has 13 heavy (non-hydrogen) atoms. The Morgan fingerprint density at radius 2 is 1.54 bits per heavy atom. The summed E-state index contributed by atoms with van der Waals surface area (Å²) in [6, 6.07) is 0. The van der Waals surface area contributed by atoms with Crippen LogP contribution in [0.2, 0.25) is 0 Å². The van der Waals surface area contributed by atoms with E-state index in [-0.39, 0.29) is 0 Å². The molecule has 0 aromatic heterocycles. The van der Waals surface area contributed by atoms with Crippen molar-refractivity contribution >= 4 is 0 Å². The average Bonchev–Trinajstić information content (AvgIpc) is 2.43. The van der Waals surface area contributed by atoms with Crippen LogP contribution in [-0.4, -0.2) is 0 Å². The molecule has 0 aromatic carbocycles. The van der Waals surface area contributed by atoms with Crippen LogP contribution in [0.25, 0.3) is 0 Å². The molecule has 2 bridgehead atoms. The molecule has 0 spiro atoms.